The topological polar surface area (TPSA) is 74.7 Å². The van der Waals surface area contributed by atoms with Crippen LogP contribution in [0.1, 0.15) is 56.7 Å². The second-order valence-electron chi connectivity index (χ2n) is 6.61. The Kier molecular flexibility index (Phi) is 4.84. The maximum Gasteiger partial charge on any atom is 0.133 e. The summed E-state index contributed by atoms with van der Waals surface area (Å²) in [6.07, 6.45) is 1.45. The summed E-state index contributed by atoms with van der Waals surface area (Å²) in [6.45, 7) is 5.74. The minimum atomic E-state index is -1.09. The van der Waals surface area contributed by atoms with E-state index in [0.717, 1.165) is 12.8 Å². The van der Waals surface area contributed by atoms with Gasteiger partial charge in [0, 0.05) is 23.9 Å². The van der Waals surface area contributed by atoms with E-state index in [1.54, 1.807) is 36.9 Å². The molecule has 0 bridgehead atoms. The number of likely N-dealkylation sites (tertiary alicyclic amines) is 1. The molecule has 0 radical (unpaired) electrons. The molecule has 0 amide bonds. The molecule has 0 aliphatic carbocycles. The summed E-state index contributed by atoms with van der Waals surface area (Å²) in [6, 6.07) is 7.13. The van der Waals surface area contributed by atoms with Gasteiger partial charge < -0.3 is 4.90 Å². The number of halogens is 1. The van der Waals surface area contributed by atoms with Gasteiger partial charge in [-0.1, -0.05) is 19.9 Å². The quantitative estimate of drug-likeness (QED) is 0.654. The number of nitrogens with one attached hydrogen (secondary N) is 2. The average molecular weight is 314 g/mol. The number of hydrogen-bond acceptors (Lipinski definition) is 3. The Morgan fingerprint density at radius 3 is 2.65 bits per heavy atom. The van der Waals surface area contributed by atoms with Gasteiger partial charge >= 0.3 is 0 Å². The Labute approximate surface area is 136 Å². The monoisotopic (exact) mass is 314 g/mol. The van der Waals surface area contributed by atoms with Gasteiger partial charge in [-0.25, -0.2) is 4.39 Å². The van der Waals surface area contributed by atoms with Crippen LogP contribution < -0.4 is 0 Å². The molecule has 0 spiro atoms. The van der Waals surface area contributed by atoms with Crippen molar-refractivity contribution in [3.05, 3.63) is 34.9 Å². The third-order valence-electron chi connectivity index (χ3n) is 4.73. The molecular weight excluding hydrogens is 291 g/mol. The zero-order chi connectivity index (χ0) is 17.2. The molecule has 1 aliphatic rings. The third kappa shape index (κ3) is 3.26. The number of benzene rings is 1. The highest BCUT2D eigenvalue weighted by atomic mass is 19.1. The molecule has 122 valence electrons. The van der Waals surface area contributed by atoms with Crippen LogP contribution in [0.3, 0.4) is 0 Å². The first-order valence-corrected chi connectivity index (χ1v) is 7.91. The summed E-state index contributed by atoms with van der Waals surface area (Å²) >= 11 is 0. The number of hydrogen-bond donors (Lipinski definition) is 2. The second-order valence-corrected chi connectivity index (χ2v) is 6.61. The minimum Gasteiger partial charge on any atom is -0.315 e. The summed E-state index contributed by atoms with van der Waals surface area (Å²) in [5.74, 6) is 0.608. The molecule has 23 heavy (non-hydrogen) atoms. The Bertz CT molecular complexity index is 670. The first kappa shape index (κ1) is 17.1. The van der Waals surface area contributed by atoms with E-state index in [9.17, 15) is 4.39 Å². The largest absolute Gasteiger partial charge is 0.315 e. The van der Waals surface area contributed by atoms with Crippen molar-refractivity contribution in [2.45, 2.75) is 51.6 Å². The van der Waals surface area contributed by atoms with E-state index in [1.807, 2.05) is 0 Å². The van der Waals surface area contributed by atoms with Crippen LogP contribution in [0.4, 0.5) is 4.39 Å². The molecular formula is C18H23FN4. The lowest BCUT2D eigenvalue weighted by Gasteiger charge is -2.34. The van der Waals surface area contributed by atoms with Crippen LogP contribution in [0.2, 0.25) is 0 Å². The van der Waals surface area contributed by atoms with Gasteiger partial charge in [0.25, 0.3) is 0 Å². The lowest BCUT2D eigenvalue weighted by atomic mass is 9.77. The number of nitrogens with zero attached hydrogens (tertiary/aromatic N) is 2. The normalized spacial score (nSPS) is 16.8. The molecule has 5 heteroatoms. The van der Waals surface area contributed by atoms with E-state index < -0.39 is 11.6 Å². The lowest BCUT2D eigenvalue weighted by Crippen LogP contribution is -2.41. The fourth-order valence-electron chi connectivity index (χ4n) is 2.81. The highest BCUT2D eigenvalue weighted by Crippen LogP contribution is 2.33. The van der Waals surface area contributed by atoms with Crippen LogP contribution in [0.15, 0.2) is 18.2 Å². The molecule has 0 saturated carbocycles. The molecule has 1 heterocycles. The third-order valence-corrected chi connectivity index (χ3v) is 4.73. The van der Waals surface area contributed by atoms with Gasteiger partial charge in [0.15, 0.2) is 0 Å². The summed E-state index contributed by atoms with van der Waals surface area (Å²) in [4.78, 5) is 1.67. The van der Waals surface area contributed by atoms with Gasteiger partial charge in [-0.3, -0.25) is 10.8 Å². The maximum atomic E-state index is 14.1. The SMILES string of the molecule is C[C@@H](F)C(C)(C)c1ccc(C#N)cc1C(=N)N1CCCCC1=N. The molecule has 1 aromatic carbocycles. The fraction of sp³-hybridized carbons (Fsp3) is 0.500. The molecule has 0 aromatic heterocycles. The van der Waals surface area contributed by atoms with E-state index in [-0.39, 0.29) is 5.84 Å². The van der Waals surface area contributed by atoms with Gasteiger partial charge in [-0.15, -0.1) is 0 Å². The highest BCUT2D eigenvalue weighted by Gasteiger charge is 2.33. The van der Waals surface area contributed by atoms with Gasteiger partial charge in [0.2, 0.25) is 0 Å². The van der Waals surface area contributed by atoms with Crippen LogP contribution in [0.5, 0.6) is 0 Å². The van der Waals surface area contributed by atoms with Gasteiger partial charge in [0.1, 0.15) is 17.8 Å². The van der Waals surface area contributed by atoms with E-state index in [4.69, 9.17) is 16.1 Å². The summed E-state index contributed by atoms with van der Waals surface area (Å²) in [7, 11) is 0. The van der Waals surface area contributed by atoms with Crippen molar-refractivity contribution in [1.29, 1.82) is 16.1 Å². The van der Waals surface area contributed by atoms with Crippen molar-refractivity contribution in [3.63, 3.8) is 0 Å². The molecule has 2 rings (SSSR count). The average Bonchev–Trinajstić information content (AvgIpc) is 2.53. The van der Waals surface area contributed by atoms with Crippen LogP contribution in [0.25, 0.3) is 0 Å². The molecule has 0 unspecified atom stereocenters. The lowest BCUT2D eigenvalue weighted by molar-refractivity contribution is 0.236. The van der Waals surface area contributed by atoms with Crippen molar-refractivity contribution < 1.29 is 4.39 Å². The van der Waals surface area contributed by atoms with Gasteiger partial charge in [0.05, 0.1) is 11.6 Å². The number of alkyl halides is 1. The number of nitriles is 1. The van der Waals surface area contributed by atoms with Crippen molar-refractivity contribution >= 4 is 11.7 Å². The molecule has 1 atom stereocenters. The smallest absolute Gasteiger partial charge is 0.133 e. The standard InChI is InChI=1S/C18H23FN4/c1-12(19)18(2,3)15-8-7-13(11-20)10-14(15)17(22)23-9-5-4-6-16(23)21/h7-8,10,12,21-22H,4-6,9H2,1-3H3/t12-/m1/s1. The van der Waals surface area contributed by atoms with E-state index in [1.165, 1.54) is 6.92 Å². The van der Waals surface area contributed by atoms with Crippen LogP contribution in [0, 0.1) is 22.1 Å². The van der Waals surface area contributed by atoms with Gasteiger partial charge in [-0.2, -0.15) is 5.26 Å². The Morgan fingerprint density at radius 2 is 2.09 bits per heavy atom. The van der Waals surface area contributed by atoms with E-state index >= 15 is 0 Å². The molecule has 1 fully saturated rings. The number of rotatable bonds is 3. The van der Waals surface area contributed by atoms with Crippen molar-refractivity contribution in [2.75, 3.05) is 6.54 Å². The highest BCUT2D eigenvalue weighted by molar-refractivity contribution is 6.08. The predicted octanol–water partition coefficient (Wildman–Crippen LogP) is 3.98. The zero-order valence-corrected chi connectivity index (χ0v) is 13.9. The first-order chi connectivity index (χ1) is 10.8. The van der Waals surface area contributed by atoms with Gasteiger partial charge in [-0.05, 0) is 37.5 Å². The first-order valence-electron chi connectivity index (χ1n) is 7.91. The fourth-order valence-corrected chi connectivity index (χ4v) is 2.81. The maximum absolute atomic E-state index is 14.1. The Hall–Kier alpha value is -2.22. The molecule has 4 nitrogen and oxygen atoms in total. The van der Waals surface area contributed by atoms with Crippen molar-refractivity contribution in [1.82, 2.24) is 4.90 Å². The van der Waals surface area contributed by atoms with Crippen molar-refractivity contribution in [3.8, 4) is 6.07 Å². The van der Waals surface area contributed by atoms with Crippen LogP contribution in [-0.4, -0.2) is 29.3 Å². The Morgan fingerprint density at radius 1 is 1.39 bits per heavy atom. The predicted molar refractivity (Wildman–Crippen MR) is 89.9 cm³/mol. The minimum absolute atomic E-state index is 0.190. The number of piperidine rings is 1. The molecule has 1 saturated heterocycles. The molecule has 2 N–H and O–H groups in total. The second kappa shape index (κ2) is 6.49. The molecule has 1 aliphatic heterocycles. The summed E-state index contributed by atoms with van der Waals surface area (Å²) in [5, 5.41) is 25.8. The van der Waals surface area contributed by atoms with Crippen molar-refractivity contribution in [2.24, 2.45) is 0 Å². The van der Waals surface area contributed by atoms with Crippen LogP contribution in [-0.2, 0) is 5.41 Å². The summed E-state index contributed by atoms with van der Waals surface area (Å²) < 4.78 is 14.1. The Balaban J connectivity index is 2.53. The zero-order valence-electron chi connectivity index (χ0n) is 13.9. The van der Waals surface area contributed by atoms with E-state index in [0.29, 0.717) is 35.5 Å². The summed E-state index contributed by atoms with van der Waals surface area (Å²) in [5.41, 5.74) is 0.924. The number of amidine groups is 2. The molecule has 1 aromatic rings. The van der Waals surface area contributed by atoms with Crippen LogP contribution >= 0.6 is 0 Å². The van der Waals surface area contributed by atoms with E-state index in [2.05, 4.69) is 6.07 Å².